The number of β-amino-alcohol motifs (C(OH)–C–C–N with tert-alkyl or cyclic N) is 1. The van der Waals surface area contributed by atoms with E-state index in [9.17, 15) is 9.90 Å². The highest BCUT2D eigenvalue weighted by Gasteiger charge is 2.43. The van der Waals surface area contributed by atoms with E-state index < -0.39 is 11.8 Å². The lowest BCUT2D eigenvalue weighted by Crippen LogP contribution is -2.44. The largest absolute Gasteiger partial charge is 0.384 e. The van der Waals surface area contributed by atoms with Gasteiger partial charge in [-0.3, -0.25) is 0 Å². The highest BCUT2D eigenvalue weighted by Crippen LogP contribution is 2.31. The van der Waals surface area contributed by atoms with E-state index in [2.05, 4.69) is 10.5 Å². The van der Waals surface area contributed by atoms with Crippen LogP contribution in [0.2, 0.25) is 0 Å². The Morgan fingerprint density at radius 3 is 2.89 bits per heavy atom. The summed E-state index contributed by atoms with van der Waals surface area (Å²) < 4.78 is 10.3. The minimum absolute atomic E-state index is 0.142. The summed E-state index contributed by atoms with van der Waals surface area (Å²) in [5.41, 5.74) is -0.988. The maximum Gasteiger partial charge on any atom is 0.326 e. The molecule has 2 heterocycles. The number of rotatable bonds is 4. The monoisotopic (exact) mass is 269 g/mol. The van der Waals surface area contributed by atoms with Crippen LogP contribution in [0.25, 0.3) is 0 Å². The smallest absolute Gasteiger partial charge is 0.326 e. The Hall–Kier alpha value is -1.60. The molecule has 0 saturated carbocycles. The van der Waals surface area contributed by atoms with E-state index >= 15 is 0 Å². The average Bonchev–Trinajstić information content (AvgIpc) is 2.84. The third-order valence-electron chi connectivity index (χ3n) is 3.18. The zero-order valence-electron chi connectivity index (χ0n) is 11.6. The van der Waals surface area contributed by atoms with Crippen LogP contribution >= 0.6 is 0 Å². The van der Waals surface area contributed by atoms with Crippen molar-refractivity contribution < 1.29 is 19.2 Å². The van der Waals surface area contributed by atoms with Gasteiger partial charge in [0.05, 0.1) is 18.8 Å². The van der Waals surface area contributed by atoms with E-state index in [1.54, 1.807) is 13.2 Å². The Morgan fingerprint density at radius 2 is 2.37 bits per heavy atom. The van der Waals surface area contributed by atoms with Gasteiger partial charge in [0.1, 0.15) is 0 Å². The molecule has 1 fully saturated rings. The van der Waals surface area contributed by atoms with Crippen LogP contribution in [-0.4, -0.2) is 42.3 Å². The highest BCUT2D eigenvalue weighted by molar-refractivity contribution is 5.94. The lowest BCUT2D eigenvalue weighted by atomic mass is 9.90. The number of nitrogens with zero attached hydrogens (tertiary/aromatic N) is 2. The van der Waals surface area contributed by atoms with Crippen LogP contribution in [0.4, 0.5) is 10.7 Å². The molecule has 1 aliphatic rings. The summed E-state index contributed by atoms with van der Waals surface area (Å²) in [7, 11) is 1.61. The first-order valence-corrected chi connectivity index (χ1v) is 6.04. The molecule has 1 aromatic rings. The van der Waals surface area contributed by atoms with Crippen LogP contribution in [0.5, 0.6) is 0 Å². The molecular formula is C12H19N3O4. The van der Waals surface area contributed by atoms with Crippen molar-refractivity contribution in [2.45, 2.75) is 31.9 Å². The van der Waals surface area contributed by atoms with Crippen molar-refractivity contribution in [3.63, 3.8) is 0 Å². The zero-order valence-corrected chi connectivity index (χ0v) is 11.6. The van der Waals surface area contributed by atoms with Crippen molar-refractivity contribution in [1.29, 1.82) is 0 Å². The molecule has 1 unspecified atom stereocenters. The molecule has 2 N–H and O–H groups in total. The van der Waals surface area contributed by atoms with Gasteiger partial charge >= 0.3 is 6.03 Å². The average molecular weight is 269 g/mol. The maximum atomic E-state index is 11.7. The predicted molar refractivity (Wildman–Crippen MR) is 67.9 cm³/mol. The molecule has 0 spiro atoms. The first-order chi connectivity index (χ1) is 8.78. The Labute approximate surface area is 111 Å². The van der Waals surface area contributed by atoms with Crippen molar-refractivity contribution in [2.75, 3.05) is 25.2 Å². The van der Waals surface area contributed by atoms with Gasteiger partial charge in [-0.05, 0) is 6.92 Å². The highest BCUT2D eigenvalue weighted by atomic mass is 16.5. The molecule has 0 aromatic carbocycles. The van der Waals surface area contributed by atoms with Crippen molar-refractivity contribution in [3.05, 3.63) is 11.8 Å². The number of amides is 2. The molecule has 19 heavy (non-hydrogen) atoms. The van der Waals surface area contributed by atoms with Crippen LogP contribution in [0.1, 0.15) is 26.5 Å². The first kappa shape index (κ1) is 13.8. The summed E-state index contributed by atoms with van der Waals surface area (Å²) in [5.74, 6) is 0.221. The fourth-order valence-electron chi connectivity index (χ4n) is 2.08. The lowest BCUT2D eigenvalue weighted by molar-refractivity contribution is 0.0815. The topological polar surface area (TPSA) is 87.8 Å². The number of ether oxygens (including phenoxy) is 1. The number of aromatic nitrogens is 1. The molecule has 1 aliphatic heterocycles. The fraction of sp³-hybridized carbons (Fsp3) is 0.667. The summed E-state index contributed by atoms with van der Waals surface area (Å²) >= 11 is 0. The third kappa shape index (κ3) is 2.43. The van der Waals surface area contributed by atoms with Gasteiger partial charge in [0.15, 0.2) is 5.72 Å². The Balaban J connectivity index is 2.29. The number of methoxy groups -OCH3 is 1. The fourth-order valence-corrected chi connectivity index (χ4v) is 2.08. The molecule has 7 heteroatoms. The quantitative estimate of drug-likeness (QED) is 0.845. The SMILES string of the molecule is COCC(C)(C)c1cc(N2C(=O)NCC2(C)O)on1. The number of nitrogens with one attached hydrogen (secondary N) is 1. The van der Waals surface area contributed by atoms with Crippen molar-refractivity contribution in [3.8, 4) is 0 Å². The van der Waals surface area contributed by atoms with Crippen LogP contribution in [0, 0.1) is 0 Å². The molecule has 106 valence electrons. The van der Waals surface area contributed by atoms with Crippen LogP contribution in [0.3, 0.4) is 0 Å². The number of carbonyl (C=O) groups is 1. The van der Waals surface area contributed by atoms with Gasteiger partial charge in [-0.2, -0.15) is 0 Å². The van der Waals surface area contributed by atoms with Crippen molar-refractivity contribution in [2.24, 2.45) is 0 Å². The molecule has 1 atom stereocenters. The lowest BCUT2D eigenvalue weighted by Gasteiger charge is -2.24. The number of anilines is 1. The third-order valence-corrected chi connectivity index (χ3v) is 3.18. The zero-order chi connectivity index (χ0) is 14.3. The number of hydrogen-bond donors (Lipinski definition) is 2. The second kappa shape index (κ2) is 4.50. The molecule has 7 nitrogen and oxygen atoms in total. The van der Waals surface area contributed by atoms with E-state index in [-0.39, 0.29) is 17.8 Å². The number of hydrogen-bond acceptors (Lipinski definition) is 5. The van der Waals surface area contributed by atoms with Crippen LogP contribution in [0.15, 0.2) is 10.6 Å². The standard InChI is InChI=1S/C12H19N3O4/c1-11(2,7-18-4)8-5-9(19-14-8)15-10(16)13-6-12(15,3)17/h5,17H,6-7H2,1-4H3,(H,13,16). The first-order valence-electron chi connectivity index (χ1n) is 6.04. The second-order valence-corrected chi connectivity index (χ2v) is 5.58. The van der Waals surface area contributed by atoms with Gasteiger partial charge in [-0.1, -0.05) is 19.0 Å². The maximum absolute atomic E-state index is 11.7. The molecule has 1 saturated heterocycles. The Bertz CT molecular complexity index is 481. The summed E-state index contributed by atoms with van der Waals surface area (Å²) in [6, 6.07) is 1.25. The number of urea groups is 1. The van der Waals surface area contributed by atoms with Gasteiger partial charge in [0, 0.05) is 18.6 Å². The number of aliphatic hydroxyl groups is 1. The molecule has 0 bridgehead atoms. The van der Waals surface area contributed by atoms with Gasteiger partial charge in [-0.15, -0.1) is 0 Å². The van der Waals surface area contributed by atoms with Gasteiger partial charge in [-0.25, -0.2) is 9.69 Å². The van der Waals surface area contributed by atoms with Gasteiger partial charge in [0.25, 0.3) is 0 Å². The summed E-state index contributed by atoms with van der Waals surface area (Å²) in [6.45, 7) is 6.07. The number of carbonyl (C=O) groups excluding carboxylic acids is 1. The molecule has 2 amide bonds. The van der Waals surface area contributed by atoms with E-state index in [1.165, 1.54) is 6.92 Å². The molecule has 0 aliphatic carbocycles. The van der Waals surface area contributed by atoms with E-state index in [0.717, 1.165) is 4.90 Å². The van der Waals surface area contributed by atoms with E-state index in [4.69, 9.17) is 9.26 Å². The van der Waals surface area contributed by atoms with Gasteiger partial charge in [0.2, 0.25) is 5.88 Å². The van der Waals surface area contributed by atoms with Gasteiger partial charge < -0.3 is 19.7 Å². The molecule has 2 rings (SSSR count). The Morgan fingerprint density at radius 1 is 1.68 bits per heavy atom. The summed E-state index contributed by atoms with van der Waals surface area (Å²) in [6.07, 6.45) is 0. The normalized spacial score (nSPS) is 23.8. The van der Waals surface area contributed by atoms with Crippen LogP contribution in [-0.2, 0) is 10.2 Å². The molecule has 0 radical (unpaired) electrons. The van der Waals surface area contributed by atoms with Crippen molar-refractivity contribution >= 4 is 11.9 Å². The van der Waals surface area contributed by atoms with Crippen LogP contribution < -0.4 is 10.2 Å². The van der Waals surface area contributed by atoms with E-state index in [1.807, 2.05) is 13.8 Å². The van der Waals surface area contributed by atoms with Crippen molar-refractivity contribution in [1.82, 2.24) is 10.5 Å². The molecule has 1 aromatic heterocycles. The summed E-state index contributed by atoms with van der Waals surface area (Å²) in [5, 5.41) is 16.6. The minimum atomic E-state index is -1.32. The summed E-state index contributed by atoms with van der Waals surface area (Å²) in [4.78, 5) is 12.9. The predicted octanol–water partition coefficient (Wildman–Crippen LogP) is 0.837. The molecular weight excluding hydrogens is 250 g/mol. The second-order valence-electron chi connectivity index (χ2n) is 5.58. The Kier molecular flexibility index (Phi) is 3.27. The van der Waals surface area contributed by atoms with E-state index in [0.29, 0.717) is 12.3 Å². The minimum Gasteiger partial charge on any atom is -0.384 e.